The highest BCUT2D eigenvalue weighted by molar-refractivity contribution is 5.81. The molecule has 3 heteroatoms. The van der Waals surface area contributed by atoms with E-state index in [9.17, 15) is 0 Å². The van der Waals surface area contributed by atoms with E-state index >= 15 is 0 Å². The second-order valence-corrected chi connectivity index (χ2v) is 4.35. The van der Waals surface area contributed by atoms with Crippen molar-refractivity contribution in [2.24, 2.45) is 0 Å². The van der Waals surface area contributed by atoms with E-state index in [-0.39, 0.29) is 0 Å². The highest BCUT2D eigenvalue weighted by Crippen LogP contribution is 2.20. The van der Waals surface area contributed by atoms with Crippen LogP contribution in [-0.2, 0) is 6.61 Å². The summed E-state index contributed by atoms with van der Waals surface area (Å²) in [6.07, 6.45) is 1.80. The molecule has 3 rings (SSSR count). The Morgan fingerprint density at radius 3 is 2.74 bits per heavy atom. The van der Waals surface area contributed by atoms with Crippen molar-refractivity contribution in [1.29, 1.82) is 0 Å². The number of nitrogen functional groups attached to an aromatic ring is 1. The average Bonchev–Trinajstić information content (AvgIpc) is 2.45. The van der Waals surface area contributed by atoms with E-state index in [2.05, 4.69) is 4.98 Å². The SMILES string of the molecule is Nc1cccc(OCc2cccc3cccnc23)c1. The molecule has 0 aliphatic carbocycles. The third kappa shape index (κ3) is 2.50. The fourth-order valence-corrected chi connectivity index (χ4v) is 2.05. The van der Waals surface area contributed by atoms with E-state index in [1.165, 1.54) is 0 Å². The molecule has 0 fully saturated rings. The van der Waals surface area contributed by atoms with Crippen LogP contribution in [0, 0.1) is 0 Å². The highest BCUT2D eigenvalue weighted by atomic mass is 16.5. The molecule has 1 heterocycles. The third-order valence-corrected chi connectivity index (χ3v) is 2.97. The second-order valence-electron chi connectivity index (χ2n) is 4.35. The molecule has 2 N–H and O–H groups in total. The summed E-state index contributed by atoms with van der Waals surface area (Å²) < 4.78 is 5.76. The summed E-state index contributed by atoms with van der Waals surface area (Å²) in [5.74, 6) is 0.771. The molecule has 0 atom stereocenters. The monoisotopic (exact) mass is 250 g/mol. The van der Waals surface area contributed by atoms with Gasteiger partial charge in [-0.2, -0.15) is 0 Å². The summed E-state index contributed by atoms with van der Waals surface area (Å²) in [5, 5.41) is 1.12. The Bertz CT molecular complexity index is 704. The van der Waals surface area contributed by atoms with Crippen LogP contribution in [0.5, 0.6) is 5.75 Å². The minimum atomic E-state index is 0.484. The Balaban J connectivity index is 1.86. The van der Waals surface area contributed by atoms with Crippen molar-refractivity contribution >= 4 is 16.6 Å². The Labute approximate surface area is 111 Å². The predicted octanol–water partition coefficient (Wildman–Crippen LogP) is 3.40. The van der Waals surface area contributed by atoms with Crippen molar-refractivity contribution in [3.8, 4) is 5.75 Å². The molecule has 0 saturated heterocycles. The number of aromatic nitrogens is 1. The number of hydrogen-bond donors (Lipinski definition) is 1. The Kier molecular flexibility index (Phi) is 3.02. The van der Waals surface area contributed by atoms with Crippen molar-refractivity contribution in [2.75, 3.05) is 5.73 Å². The third-order valence-electron chi connectivity index (χ3n) is 2.97. The van der Waals surface area contributed by atoms with Crippen LogP contribution in [0.2, 0.25) is 0 Å². The van der Waals surface area contributed by atoms with Gasteiger partial charge in [0.25, 0.3) is 0 Å². The van der Waals surface area contributed by atoms with Crippen LogP contribution in [0.3, 0.4) is 0 Å². The van der Waals surface area contributed by atoms with Gasteiger partial charge in [0.15, 0.2) is 0 Å². The minimum absolute atomic E-state index is 0.484. The summed E-state index contributed by atoms with van der Waals surface area (Å²) in [6.45, 7) is 0.484. The molecule has 0 saturated carbocycles. The molecule has 0 aliphatic heterocycles. The van der Waals surface area contributed by atoms with Crippen molar-refractivity contribution < 1.29 is 4.74 Å². The number of nitrogens with zero attached hydrogens (tertiary/aromatic N) is 1. The van der Waals surface area contributed by atoms with Crippen LogP contribution in [0.4, 0.5) is 5.69 Å². The molecule has 0 amide bonds. The van der Waals surface area contributed by atoms with E-state index in [1.54, 1.807) is 6.20 Å². The normalized spacial score (nSPS) is 10.5. The Hall–Kier alpha value is -2.55. The topological polar surface area (TPSA) is 48.1 Å². The van der Waals surface area contributed by atoms with Gasteiger partial charge in [-0.3, -0.25) is 4.98 Å². The lowest BCUT2D eigenvalue weighted by molar-refractivity contribution is 0.307. The van der Waals surface area contributed by atoms with Gasteiger partial charge in [0, 0.05) is 28.9 Å². The molecule has 2 aromatic carbocycles. The lowest BCUT2D eigenvalue weighted by atomic mass is 10.1. The van der Waals surface area contributed by atoms with Gasteiger partial charge in [0.05, 0.1) is 5.52 Å². The predicted molar refractivity (Wildman–Crippen MR) is 76.9 cm³/mol. The first kappa shape index (κ1) is 11.5. The number of pyridine rings is 1. The van der Waals surface area contributed by atoms with Gasteiger partial charge in [-0.25, -0.2) is 0 Å². The Morgan fingerprint density at radius 2 is 1.84 bits per heavy atom. The Morgan fingerprint density at radius 1 is 1.00 bits per heavy atom. The number of para-hydroxylation sites is 1. The molecule has 0 unspecified atom stereocenters. The van der Waals surface area contributed by atoms with Gasteiger partial charge in [0.2, 0.25) is 0 Å². The van der Waals surface area contributed by atoms with E-state index in [0.717, 1.165) is 22.2 Å². The number of fused-ring (bicyclic) bond motifs is 1. The van der Waals surface area contributed by atoms with Gasteiger partial charge in [-0.15, -0.1) is 0 Å². The van der Waals surface area contributed by atoms with Crippen molar-refractivity contribution in [3.63, 3.8) is 0 Å². The molecule has 3 aromatic rings. The lowest BCUT2D eigenvalue weighted by Crippen LogP contribution is -1.98. The molecule has 3 nitrogen and oxygen atoms in total. The van der Waals surface area contributed by atoms with Crippen LogP contribution in [0.15, 0.2) is 60.8 Å². The molecule has 0 radical (unpaired) electrons. The standard InChI is InChI=1S/C16H14N2O/c17-14-7-2-8-15(10-14)19-11-13-5-1-4-12-6-3-9-18-16(12)13/h1-10H,11,17H2. The first-order valence-electron chi connectivity index (χ1n) is 6.14. The van der Waals surface area contributed by atoms with Gasteiger partial charge >= 0.3 is 0 Å². The van der Waals surface area contributed by atoms with Crippen LogP contribution in [0.25, 0.3) is 10.9 Å². The zero-order valence-corrected chi connectivity index (χ0v) is 10.4. The van der Waals surface area contributed by atoms with Crippen LogP contribution in [0.1, 0.15) is 5.56 Å². The maximum absolute atomic E-state index is 5.76. The number of rotatable bonds is 3. The smallest absolute Gasteiger partial charge is 0.121 e. The van der Waals surface area contributed by atoms with E-state index < -0.39 is 0 Å². The van der Waals surface area contributed by atoms with Crippen molar-refractivity contribution in [3.05, 3.63) is 66.4 Å². The molecule has 94 valence electrons. The molecular weight excluding hydrogens is 236 g/mol. The number of hydrogen-bond acceptors (Lipinski definition) is 3. The number of ether oxygens (including phenoxy) is 1. The summed E-state index contributed by atoms with van der Waals surface area (Å²) >= 11 is 0. The maximum Gasteiger partial charge on any atom is 0.121 e. The number of benzene rings is 2. The molecule has 1 aromatic heterocycles. The first-order chi connectivity index (χ1) is 9.33. The van der Waals surface area contributed by atoms with Gasteiger partial charge in [0.1, 0.15) is 12.4 Å². The summed E-state index contributed by atoms with van der Waals surface area (Å²) in [7, 11) is 0. The van der Waals surface area contributed by atoms with E-state index in [1.807, 2.05) is 54.6 Å². The first-order valence-corrected chi connectivity index (χ1v) is 6.14. The zero-order valence-electron chi connectivity index (χ0n) is 10.4. The van der Waals surface area contributed by atoms with Gasteiger partial charge in [-0.05, 0) is 18.2 Å². The summed E-state index contributed by atoms with van der Waals surface area (Å²) in [6, 6.07) is 17.5. The largest absolute Gasteiger partial charge is 0.489 e. The molecule has 0 bridgehead atoms. The average molecular weight is 250 g/mol. The number of anilines is 1. The molecule has 19 heavy (non-hydrogen) atoms. The maximum atomic E-state index is 5.76. The van der Waals surface area contributed by atoms with Crippen LogP contribution < -0.4 is 10.5 Å². The van der Waals surface area contributed by atoms with E-state index in [4.69, 9.17) is 10.5 Å². The van der Waals surface area contributed by atoms with Crippen LogP contribution >= 0.6 is 0 Å². The quantitative estimate of drug-likeness (QED) is 0.725. The molecular formula is C16H14N2O. The van der Waals surface area contributed by atoms with Crippen LogP contribution in [-0.4, -0.2) is 4.98 Å². The number of nitrogens with two attached hydrogens (primary N) is 1. The zero-order chi connectivity index (χ0) is 13.1. The fourth-order valence-electron chi connectivity index (χ4n) is 2.05. The summed E-state index contributed by atoms with van der Waals surface area (Å²) in [5.41, 5.74) is 8.48. The highest BCUT2D eigenvalue weighted by Gasteiger charge is 2.02. The molecule has 0 spiro atoms. The minimum Gasteiger partial charge on any atom is -0.489 e. The van der Waals surface area contributed by atoms with Gasteiger partial charge < -0.3 is 10.5 Å². The van der Waals surface area contributed by atoms with Gasteiger partial charge in [-0.1, -0.05) is 30.3 Å². The van der Waals surface area contributed by atoms with Crippen molar-refractivity contribution in [1.82, 2.24) is 4.98 Å². The fraction of sp³-hybridized carbons (Fsp3) is 0.0625. The summed E-state index contributed by atoms with van der Waals surface area (Å²) in [4.78, 5) is 4.41. The lowest BCUT2D eigenvalue weighted by Gasteiger charge is -2.08. The molecule has 0 aliphatic rings. The van der Waals surface area contributed by atoms with E-state index in [0.29, 0.717) is 12.3 Å². The second kappa shape index (κ2) is 4.98. The van der Waals surface area contributed by atoms with Crippen molar-refractivity contribution in [2.45, 2.75) is 6.61 Å².